The molecule has 0 aromatic heterocycles. The van der Waals surface area contributed by atoms with Crippen molar-refractivity contribution in [3.8, 4) is 5.75 Å². The molecular formula is C17H25NO. The molecule has 2 aliphatic rings. The minimum atomic E-state index is 0.389. The lowest BCUT2D eigenvalue weighted by Gasteiger charge is -2.26. The van der Waals surface area contributed by atoms with Crippen LogP contribution in [-0.2, 0) is 6.42 Å². The number of fused-ring (bicyclic) bond motifs is 1. The van der Waals surface area contributed by atoms with E-state index in [-0.39, 0.29) is 0 Å². The summed E-state index contributed by atoms with van der Waals surface area (Å²) >= 11 is 0. The Hall–Kier alpha value is -1.02. The highest BCUT2D eigenvalue weighted by Gasteiger charge is 2.49. The van der Waals surface area contributed by atoms with Crippen LogP contribution in [0.2, 0.25) is 0 Å². The zero-order chi connectivity index (χ0) is 13.5. The number of hydrogen-bond acceptors (Lipinski definition) is 2. The van der Waals surface area contributed by atoms with E-state index in [1.807, 2.05) is 0 Å². The molecule has 2 unspecified atom stereocenters. The number of nitrogens with one attached hydrogen (secondary N) is 1. The number of hydrogen-bond donors (Lipinski definition) is 1. The van der Waals surface area contributed by atoms with Crippen LogP contribution in [0.1, 0.15) is 44.2 Å². The largest absolute Gasteiger partial charge is 0.490 e. The second kappa shape index (κ2) is 4.82. The van der Waals surface area contributed by atoms with Crippen LogP contribution >= 0.6 is 0 Å². The van der Waals surface area contributed by atoms with E-state index in [0.29, 0.717) is 17.6 Å². The van der Waals surface area contributed by atoms with Crippen molar-refractivity contribution in [3.05, 3.63) is 29.3 Å². The summed E-state index contributed by atoms with van der Waals surface area (Å²) in [6.45, 7) is 7.75. The Morgan fingerprint density at radius 2 is 2.21 bits per heavy atom. The summed E-state index contributed by atoms with van der Waals surface area (Å²) in [6.07, 6.45) is 5.40. The van der Waals surface area contributed by atoms with Crippen molar-refractivity contribution >= 4 is 0 Å². The van der Waals surface area contributed by atoms with E-state index in [2.05, 4.69) is 44.3 Å². The molecule has 0 amide bonds. The van der Waals surface area contributed by atoms with E-state index in [1.54, 1.807) is 0 Å². The van der Waals surface area contributed by atoms with Crippen LogP contribution in [0.4, 0.5) is 0 Å². The van der Waals surface area contributed by atoms with Gasteiger partial charge in [0.2, 0.25) is 0 Å². The van der Waals surface area contributed by atoms with Crippen LogP contribution in [0.3, 0.4) is 0 Å². The molecule has 1 aromatic carbocycles. The van der Waals surface area contributed by atoms with Crippen molar-refractivity contribution in [2.45, 2.75) is 58.6 Å². The first kappa shape index (κ1) is 13.0. The summed E-state index contributed by atoms with van der Waals surface area (Å²) < 4.78 is 6.14. The summed E-state index contributed by atoms with van der Waals surface area (Å²) in [7, 11) is 0. The maximum Gasteiger partial charge on any atom is 0.123 e. The molecule has 1 fully saturated rings. The van der Waals surface area contributed by atoms with Gasteiger partial charge in [-0.3, -0.25) is 0 Å². The van der Waals surface area contributed by atoms with Gasteiger partial charge in [0, 0.05) is 12.5 Å². The first-order chi connectivity index (χ1) is 9.13. The smallest absolute Gasteiger partial charge is 0.123 e. The maximum absolute atomic E-state index is 6.14. The second-order valence-electron chi connectivity index (χ2n) is 6.40. The Morgan fingerprint density at radius 3 is 2.89 bits per heavy atom. The molecule has 3 rings (SSSR count). The Kier molecular flexibility index (Phi) is 3.30. The molecule has 0 saturated heterocycles. The van der Waals surface area contributed by atoms with Crippen molar-refractivity contribution in [2.24, 2.45) is 5.41 Å². The van der Waals surface area contributed by atoms with E-state index in [4.69, 9.17) is 4.74 Å². The summed E-state index contributed by atoms with van der Waals surface area (Å²) in [5.74, 6) is 1.11. The predicted octanol–water partition coefficient (Wildman–Crippen LogP) is 3.47. The maximum atomic E-state index is 6.14. The third-order valence-electron chi connectivity index (χ3n) is 4.91. The van der Waals surface area contributed by atoms with Crippen molar-refractivity contribution < 1.29 is 4.74 Å². The molecule has 1 heterocycles. The van der Waals surface area contributed by atoms with E-state index < -0.39 is 0 Å². The Labute approximate surface area is 116 Å². The number of ether oxygens (including phenoxy) is 1. The quantitative estimate of drug-likeness (QED) is 0.874. The normalized spacial score (nSPS) is 24.7. The van der Waals surface area contributed by atoms with Crippen LogP contribution in [0, 0.1) is 12.3 Å². The van der Waals surface area contributed by atoms with Gasteiger partial charge in [0.05, 0.1) is 0 Å². The van der Waals surface area contributed by atoms with E-state index >= 15 is 0 Å². The van der Waals surface area contributed by atoms with Gasteiger partial charge in [-0.1, -0.05) is 24.6 Å². The summed E-state index contributed by atoms with van der Waals surface area (Å²) in [6, 6.07) is 7.18. The highest BCUT2D eigenvalue weighted by molar-refractivity contribution is 5.40. The SMILES string of the molecule is CCNC(C)C1(CC2Cc3cc(C)ccc3O2)CC1. The van der Waals surface area contributed by atoms with E-state index in [1.165, 1.54) is 30.4 Å². The molecule has 1 saturated carbocycles. The minimum absolute atomic E-state index is 0.389. The van der Waals surface area contributed by atoms with Crippen molar-refractivity contribution in [1.29, 1.82) is 0 Å². The fourth-order valence-electron chi connectivity index (χ4n) is 3.51. The van der Waals surface area contributed by atoms with Gasteiger partial charge in [0.1, 0.15) is 11.9 Å². The van der Waals surface area contributed by atoms with Gasteiger partial charge < -0.3 is 10.1 Å². The first-order valence-corrected chi connectivity index (χ1v) is 7.62. The zero-order valence-electron chi connectivity index (χ0n) is 12.3. The monoisotopic (exact) mass is 259 g/mol. The molecule has 1 aliphatic carbocycles. The molecular weight excluding hydrogens is 234 g/mol. The topological polar surface area (TPSA) is 21.3 Å². The summed E-state index contributed by atoms with van der Waals surface area (Å²) in [5, 5.41) is 3.60. The highest BCUT2D eigenvalue weighted by atomic mass is 16.5. The summed E-state index contributed by atoms with van der Waals surface area (Å²) in [5.41, 5.74) is 3.24. The van der Waals surface area contributed by atoms with Crippen LogP contribution < -0.4 is 10.1 Å². The molecule has 2 atom stereocenters. The van der Waals surface area contributed by atoms with E-state index in [9.17, 15) is 0 Å². The van der Waals surface area contributed by atoms with Crippen LogP contribution in [-0.4, -0.2) is 18.7 Å². The van der Waals surface area contributed by atoms with Crippen molar-refractivity contribution in [1.82, 2.24) is 5.32 Å². The molecule has 2 nitrogen and oxygen atoms in total. The van der Waals surface area contributed by atoms with Gasteiger partial charge in [-0.15, -0.1) is 0 Å². The molecule has 0 bridgehead atoms. The molecule has 0 spiro atoms. The lowest BCUT2D eigenvalue weighted by atomic mass is 9.89. The Morgan fingerprint density at radius 1 is 1.42 bits per heavy atom. The van der Waals surface area contributed by atoms with E-state index in [0.717, 1.165) is 18.7 Å². The fourth-order valence-corrected chi connectivity index (χ4v) is 3.51. The average molecular weight is 259 g/mol. The predicted molar refractivity (Wildman–Crippen MR) is 78.7 cm³/mol. The summed E-state index contributed by atoms with van der Waals surface area (Å²) in [4.78, 5) is 0. The molecule has 19 heavy (non-hydrogen) atoms. The van der Waals surface area contributed by atoms with Gasteiger partial charge in [-0.25, -0.2) is 0 Å². The molecule has 0 radical (unpaired) electrons. The van der Waals surface area contributed by atoms with Gasteiger partial charge >= 0.3 is 0 Å². The lowest BCUT2D eigenvalue weighted by Crippen LogP contribution is -2.37. The minimum Gasteiger partial charge on any atom is -0.490 e. The first-order valence-electron chi connectivity index (χ1n) is 7.62. The van der Waals surface area contributed by atoms with Crippen LogP contribution in [0.25, 0.3) is 0 Å². The molecule has 1 aromatic rings. The van der Waals surface area contributed by atoms with Crippen molar-refractivity contribution in [3.63, 3.8) is 0 Å². The molecule has 2 heteroatoms. The standard InChI is InChI=1S/C17H25NO/c1-4-18-13(3)17(7-8-17)11-15-10-14-9-12(2)5-6-16(14)19-15/h5-6,9,13,15,18H,4,7-8,10-11H2,1-3H3. The number of aryl methyl sites for hydroxylation is 1. The number of rotatable bonds is 5. The lowest BCUT2D eigenvalue weighted by molar-refractivity contribution is 0.168. The zero-order valence-corrected chi connectivity index (χ0v) is 12.3. The van der Waals surface area contributed by atoms with Gasteiger partial charge in [-0.2, -0.15) is 0 Å². The van der Waals surface area contributed by atoms with Crippen molar-refractivity contribution in [2.75, 3.05) is 6.54 Å². The third kappa shape index (κ3) is 2.51. The van der Waals surface area contributed by atoms with Gasteiger partial charge in [0.15, 0.2) is 0 Å². The molecule has 1 N–H and O–H groups in total. The Balaban J connectivity index is 1.64. The number of benzene rings is 1. The average Bonchev–Trinajstić information content (AvgIpc) is 3.03. The highest BCUT2D eigenvalue weighted by Crippen LogP contribution is 2.53. The third-order valence-corrected chi connectivity index (χ3v) is 4.91. The van der Waals surface area contributed by atoms with Gasteiger partial charge in [-0.05, 0) is 56.7 Å². The Bertz CT molecular complexity index is 464. The molecule has 104 valence electrons. The van der Waals surface area contributed by atoms with Crippen LogP contribution in [0.15, 0.2) is 18.2 Å². The molecule has 1 aliphatic heterocycles. The second-order valence-corrected chi connectivity index (χ2v) is 6.40. The fraction of sp³-hybridized carbons (Fsp3) is 0.647. The van der Waals surface area contributed by atoms with Gasteiger partial charge in [0.25, 0.3) is 0 Å². The van der Waals surface area contributed by atoms with Crippen LogP contribution in [0.5, 0.6) is 5.75 Å².